The molecule has 0 fully saturated rings. The lowest BCUT2D eigenvalue weighted by molar-refractivity contribution is 0.373. The van der Waals surface area contributed by atoms with E-state index in [1.807, 2.05) is 18.2 Å². The van der Waals surface area contributed by atoms with Gasteiger partial charge in [0.1, 0.15) is 4.60 Å². The minimum atomic E-state index is 0.142. The molecular formula is C13H13BrN2O2. The van der Waals surface area contributed by atoms with E-state index in [9.17, 15) is 5.11 Å². The second-order valence-electron chi connectivity index (χ2n) is 3.70. The maximum atomic E-state index is 9.50. The molecule has 1 aromatic carbocycles. The number of pyridine rings is 1. The Morgan fingerprint density at radius 1 is 1.39 bits per heavy atom. The molecule has 0 saturated carbocycles. The van der Waals surface area contributed by atoms with Crippen LogP contribution in [0.25, 0.3) is 0 Å². The molecule has 0 radical (unpaired) electrons. The van der Waals surface area contributed by atoms with Crippen LogP contribution >= 0.6 is 15.9 Å². The Morgan fingerprint density at radius 2 is 2.22 bits per heavy atom. The number of ether oxygens (including phenoxy) is 1. The number of halogens is 1. The maximum absolute atomic E-state index is 9.50. The van der Waals surface area contributed by atoms with Crippen molar-refractivity contribution in [1.82, 2.24) is 4.98 Å². The number of nitrogens with zero attached hydrogens (tertiary/aromatic N) is 1. The second-order valence-corrected chi connectivity index (χ2v) is 4.45. The maximum Gasteiger partial charge on any atom is 0.160 e. The van der Waals surface area contributed by atoms with E-state index >= 15 is 0 Å². The van der Waals surface area contributed by atoms with Crippen LogP contribution in [0.2, 0.25) is 0 Å². The highest BCUT2D eigenvalue weighted by atomic mass is 79.9. The minimum Gasteiger partial charge on any atom is -0.504 e. The summed E-state index contributed by atoms with van der Waals surface area (Å²) in [4.78, 5) is 4.13. The molecule has 4 nitrogen and oxygen atoms in total. The molecule has 0 spiro atoms. The normalized spacial score (nSPS) is 10.1. The number of aromatic nitrogens is 1. The average molecular weight is 309 g/mol. The van der Waals surface area contributed by atoms with Gasteiger partial charge in [-0.15, -0.1) is 0 Å². The van der Waals surface area contributed by atoms with E-state index in [-0.39, 0.29) is 5.75 Å². The van der Waals surface area contributed by atoms with Crippen LogP contribution in [0.4, 0.5) is 5.69 Å². The highest BCUT2D eigenvalue weighted by molar-refractivity contribution is 9.10. The van der Waals surface area contributed by atoms with E-state index in [0.717, 1.165) is 15.9 Å². The van der Waals surface area contributed by atoms with Gasteiger partial charge in [0.05, 0.1) is 12.8 Å². The number of methoxy groups -OCH3 is 1. The summed E-state index contributed by atoms with van der Waals surface area (Å²) < 4.78 is 5.84. The Hall–Kier alpha value is -1.75. The Balaban J connectivity index is 2.09. The highest BCUT2D eigenvalue weighted by Gasteiger charge is 2.03. The molecule has 0 saturated heterocycles. The van der Waals surface area contributed by atoms with Crippen LogP contribution < -0.4 is 10.1 Å². The largest absolute Gasteiger partial charge is 0.504 e. The van der Waals surface area contributed by atoms with Crippen LogP contribution in [0.1, 0.15) is 5.56 Å². The zero-order valence-corrected chi connectivity index (χ0v) is 11.4. The van der Waals surface area contributed by atoms with Gasteiger partial charge in [-0.2, -0.15) is 0 Å². The van der Waals surface area contributed by atoms with E-state index in [1.165, 1.54) is 7.11 Å². The Morgan fingerprint density at radius 3 is 2.94 bits per heavy atom. The topological polar surface area (TPSA) is 54.4 Å². The fourth-order valence-corrected chi connectivity index (χ4v) is 1.94. The van der Waals surface area contributed by atoms with Crippen molar-refractivity contribution in [3.63, 3.8) is 0 Å². The summed E-state index contributed by atoms with van der Waals surface area (Å²) in [7, 11) is 1.53. The summed E-state index contributed by atoms with van der Waals surface area (Å²) in [5.74, 6) is 0.614. The van der Waals surface area contributed by atoms with Gasteiger partial charge < -0.3 is 15.2 Å². The van der Waals surface area contributed by atoms with Gasteiger partial charge >= 0.3 is 0 Å². The van der Waals surface area contributed by atoms with Crippen LogP contribution in [0.15, 0.2) is 41.1 Å². The predicted molar refractivity (Wildman–Crippen MR) is 73.9 cm³/mol. The van der Waals surface area contributed by atoms with Gasteiger partial charge in [0, 0.05) is 12.7 Å². The highest BCUT2D eigenvalue weighted by Crippen LogP contribution is 2.27. The van der Waals surface area contributed by atoms with Gasteiger partial charge in [-0.3, -0.25) is 0 Å². The van der Waals surface area contributed by atoms with Crippen molar-refractivity contribution in [3.8, 4) is 11.5 Å². The van der Waals surface area contributed by atoms with E-state index < -0.39 is 0 Å². The lowest BCUT2D eigenvalue weighted by Crippen LogP contribution is -2.01. The first-order valence-corrected chi connectivity index (χ1v) is 6.20. The van der Waals surface area contributed by atoms with Crippen molar-refractivity contribution in [2.75, 3.05) is 12.4 Å². The number of hydrogen-bond donors (Lipinski definition) is 2. The number of anilines is 1. The van der Waals surface area contributed by atoms with E-state index in [1.54, 1.807) is 18.3 Å². The fourth-order valence-electron chi connectivity index (χ4n) is 1.55. The molecule has 0 aliphatic rings. The summed E-state index contributed by atoms with van der Waals surface area (Å²) >= 11 is 3.37. The molecule has 0 aliphatic carbocycles. The molecule has 1 heterocycles. The van der Waals surface area contributed by atoms with Crippen molar-refractivity contribution in [2.24, 2.45) is 0 Å². The summed E-state index contributed by atoms with van der Waals surface area (Å²) in [6, 6.07) is 9.06. The molecule has 18 heavy (non-hydrogen) atoms. The number of hydrogen-bond acceptors (Lipinski definition) is 4. The molecule has 2 aromatic rings. The first-order chi connectivity index (χ1) is 8.70. The first kappa shape index (κ1) is 12.7. The van der Waals surface area contributed by atoms with Gasteiger partial charge in [-0.25, -0.2) is 4.98 Å². The molecule has 1 aromatic heterocycles. The first-order valence-electron chi connectivity index (χ1n) is 5.41. The third-order valence-corrected chi connectivity index (χ3v) is 3.12. The lowest BCUT2D eigenvalue weighted by atomic mass is 10.2. The van der Waals surface area contributed by atoms with E-state index in [4.69, 9.17) is 4.74 Å². The molecule has 0 aliphatic heterocycles. The molecule has 2 N–H and O–H groups in total. The standard InChI is InChI=1S/C13H13BrN2O2/c1-18-12-7-9(4-5-11(12)17)8-16-10-3-2-6-15-13(10)14/h2-7,16-17H,8H2,1H3. The third-order valence-electron chi connectivity index (χ3n) is 2.49. The van der Waals surface area contributed by atoms with Crippen molar-refractivity contribution in [2.45, 2.75) is 6.54 Å². The molecule has 0 bridgehead atoms. The van der Waals surface area contributed by atoms with Gasteiger partial charge in [0.15, 0.2) is 11.5 Å². The molecule has 5 heteroatoms. The van der Waals surface area contributed by atoms with Gasteiger partial charge in [-0.1, -0.05) is 6.07 Å². The average Bonchev–Trinajstić information content (AvgIpc) is 2.39. The molecule has 0 atom stereocenters. The smallest absolute Gasteiger partial charge is 0.160 e. The van der Waals surface area contributed by atoms with Crippen molar-refractivity contribution in [3.05, 3.63) is 46.7 Å². The molecule has 94 valence electrons. The van der Waals surface area contributed by atoms with Crippen molar-refractivity contribution in [1.29, 1.82) is 0 Å². The number of rotatable bonds is 4. The quantitative estimate of drug-likeness (QED) is 0.852. The van der Waals surface area contributed by atoms with Crippen LogP contribution in [0.5, 0.6) is 11.5 Å². The number of phenols is 1. The summed E-state index contributed by atoms with van der Waals surface area (Å²) in [5, 5.41) is 12.8. The summed E-state index contributed by atoms with van der Waals surface area (Å²) in [6.45, 7) is 0.626. The van der Waals surface area contributed by atoms with Crippen molar-refractivity contribution < 1.29 is 9.84 Å². The number of nitrogens with one attached hydrogen (secondary N) is 1. The van der Waals surface area contributed by atoms with Crippen LogP contribution in [-0.2, 0) is 6.54 Å². The SMILES string of the molecule is COc1cc(CNc2cccnc2Br)ccc1O. The van der Waals surface area contributed by atoms with Gasteiger partial charge in [0.25, 0.3) is 0 Å². The fraction of sp³-hybridized carbons (Fsp3) is 0.154. The Kier molecular flexibility index (Phi) is 4.04. The van der Waals surface area contributed by atoms with E-state index in [0.29, 0.717) is 12.3 Å². The van der Waals surface area contributed by atoms with E-state index in [2.05, 4.69) is 26.2 Å². The molecule has 0 amide bonds. The third kappa shape index (κ3) is 2.92. The van der Waals surface area contributed by atoms with Gasteiger partial charge in [0.2, 0.25) is 0 Å². The van der Waals surface area contributed by atoms with Crippen LogP contribution in [0, 0.1) is 0 Å². The minimum absolute atomic E-state index is 0.142. The Labute approximate surface area is 114 Å². The Bertz CT molecular complexity index is 546. The number of aromatic hydroxyl groups is 1. The van der Waals surface area contributed by atoms with Crippen LogP contribution in [0.3, 0.4) is 0 Å². The molecule has 2 rings (SSSR count). The summed E-state index contributed by atoms with van der Waals surface area (Å²) in [6.07, 6.45) is 1.72. The lowest BCUT2D eigenvalue weighted by Gasteiger charge is -2.09. The number of benzene rings is 1. The predicted octanol–water partition coefficient (Wildman–Crippen LogP) is 3.17. The summed E-state index contributed by atoms with van der Waals surface area (Å²) in [5.41, 5.74) is 1.94. The van der Waals surface area contributed by atoms with Crippen molar-refractivity contribution >= 4 is 21.6 Å². The zero-order valence-electron chi connectivity index (χ0n) is 9.85. The second kappa shape index (κ2) is 5.73. The monoisotopic (exact) mass is 308 g/mol. The number of phenolic OH excluding ortho intramolecular Hbond substituents is 1. The molecular weight excluding hydrogens is 296 g/mol. The zero-order chi connectivity index (χ0) is 13.0. The van der Waals surface area contributed by atoms with Crippen LogP contribution in [-0.4, -0.2) is 17.2 Å². The molecule has 0 unspecified atom stereocenters. The van der Waals surface area contributed by atoms with Gasteiger partial charge in [-0.05, 0) is 45.8 Å².